The Morgan fingerprint density at radius 3 is 2.94 bits per heavy atom. The lowest BCUT2D eigenvalue weighted by molar-refractivity contribution is 0.102. The fourth-order valence-electron chi connectivity index (χ4n) is 3.67. The van der Waals surface area contributed by atoms with Crippen molar-refractivity contribution in [3.8, 4) is 0 Å². The number of anilines is 1. The molecule has 0 spiro atoms. The average Bonchev–Trinajstić information content (AvgIpc) is 3.13. The molecule has 1 aromatic heterocycles. The number of hydrogen-bond acceptors (Lipinski definition) is 6. The molecule has 2 bridgehead atoms. The third-order valence-corrected chi connectivity index (χ3v) is 5.22. The summed E-state index contributed by atoms with van der Waals surface area (Å²) in [5.41, 5.74) is 3.02. The van der Waals surface area contributed by atoms with Crippen LogP contribution in [0.1, 0.15) is 22.3 Å². The number of ether oxygens (including phenoxy) is 1. The molecule has 0 saturated heterocycles. The van der Waals surface area contributed by atoms with Gasteiger partial charge in [0.1, 0.15) is 0 Å². The minimum atomic E-state index is -0.711. The number of benzene rings is 2. The van der Waals surface area contributed by atoms with Gasteiger partial charge in [-0.05, 0) is 29.8 Å². The number of aliphatic hydroxyl groups excluding tert-OH is 1. The zero-order chi connectivity index (χ0) is 23.2. The normalized spacial score (nSPS) is 19.5. The van der Waals surface area contributed by atoms with Gasteiger partial charge in [-0.1, -0.05) is 43.0 Å². The third kappa shape index (κ3) is 5.48. The molecule has 33 heavy (non-hydrogen) atoms. The van der Waals surface area contributed by atoms with Crippen molar-refractivity contribution in [1.82, 2.24) is 14.6 Å². The summed E-state index contributed by atoms with van der Waals surface area (Å²) in [5, 5.41) is 19.9. The van der Waals surface area contributed by atoms with Crippen molar-refractivity contribution in [2.45, 2.75) is 25.6 Å². The van der Waals surface area contributed by atoms with E-state index in [0.29, 0.717) is 30.4 Å². The Bertz CT molecular complexity index is 1210. The molecule has 2 N–H and O–H groups in total. The van der Waals surface area contributed by atoms with Crippen molar-refractivity contribution < 1.29 is 14.6 Å². The number of aromatic nitrogens is 2. The van der Waals surface area contributed by atoms with Gasteiger partial charge in [-0.2, -0.15) is 0 Å². The molecule has 170 valence electrons. The number of nitrogens with one attached hydrogen (secondary N) is 1. The first-order chi connectivity index (χ1) is 16.0. The summed E-state index contributed by atoms with van der Waals surface area (Å²) in [6, 6.07) is 15.0. The van der Waals surface area contributed by atoms with Gasteiger partial charge in [0.25, 0.3) is 5.91 Å². The topological polar surface area (TPSA) is 92.0 Å². The van der Waals surface area contributed by atoms with Crippen LogP contribution in [0.5, 0.6) is 0 Å². The van der Waals surface area contributed by atoms with E-state index < -0.39 is 6.10 Å². The van der Waals surface area contributed by atoms with E-state index in [1.807, 2.05) is 54.1 Å². The number of rotatable bonds is 2. The van der Waals surface area contributed by atoms with Crippen LogP contribution < -0.4 is 5.32 Å². The standard InChI is InChI=1S/C25H27N5O3/c1-3-4-12-23-28-29(2)16-18-8-7-9-19(15-18)24(32)27-25-26-21-10-5-6-11-22(21)30(25)17-20(31)13-14-33-23/h3-12,15,20,31H,1,13-14,16-17H2,2H3,(H,26,27,32)/b12-4-,28-23+. The van der Waals surface area contributed by atoms with Crippen LogP contribution in [0.25, 0.3) is 11.0 Å². The Morgan fingerprint density at radius 2 is 2.09 bits per heavy atom. The van der Waals surface area contributed by atoms with Crippen LogP contribution in [0, 0.1) is 0 Å². The second-order valence-corrected chi connectivity index (χ2v) is 7.83. The molecule has 1 unspecified atom stereocenters. The van der Waals surface area contributed by atoms with Crippen molar-refractivity contribution in [2.75, 3.05) is 19.0 Å². The highest BCUT2D eigenvalue weighted by Crippen LogP contribution is 2.21. The molecule has 0 fully saturated rings. The van der Waals surface area contributed by atoms with E-state index in [1.165, 1.54) is 0 Å². The van der Waals surface area contributed by atoms with Crippen LogP contribution in [-0.2, 0) is 17.8 Å². The highest BCUT2D eigenvalue weighted by Gasteiger charge is 2.18. The molecule has 0 aliphatic carbocycles. The van der Waals surface area contributed by atoms with Crippen molar-refractivity contribution in [2.24, 2.45) is 5.10 Å². The Labute approximate surface area is 192 Å². The first-order valence-electron chi connectivity index (χ1n) is 10.8. The van der Waals surface area contributed by atoms with Crippen LogP contribution in [-0.4, -0.2) is 51.2 Å². The smallest absolute Gasteiger partial charge is 0.257 e. The van der Waals surface area contributed by atoms with E-state index in [1.54, 1.807) is 29.3 Å². The molecular formula is C25H27N5O3. The number of carbonyl (C=O) groups is 1. The van der Waals surface area contributed by atoms with Crippen LogP contribution in [0.15, 0.2) is 78.4 Å². The summed E-state index contributed by atoms with van der Waals surface area (Å²) in [5.74, 6) is 0.547. The highest BCUT2D eigenvalue weighted by molar-refractivity contribution is 6.04. The Morgan fingerprint density at radius 1 is 1.24 bits per heavy atom. The lowest BCUT2D eigenvalue weighted by Gasteiger charge is -2.18. The molecule has 1 aliphatic rings. The molecular weight excluding hydrogens is 418 g/mol. The number of nitrogens with zero attached hydrogens (tertiary/aromatic N) is 4. The van der Waals surface area contributed by atoms with Crippen LogP contribution in [0.4, 0.5) is 5.95 Å². The molecule has 4 rings (SSSR count). The van der Waals surface area contributed by atoms with Gasteiger partial charge in [0.15, 0.2) is 0 Å². The fraction of sp³-hybridized carbons (Fsp3) is 0.240. The largest absolute Gasteiger partial charge is 0.477 e. The number of hydrogen-bond donors (Lipinski definition) is 2. The van der Waals surface area contributed by atoms with E-state index in [4.69, 9.17) is 4.74 Å². The quantitative estimate of drug-likeness (QED) is 0.589. The fourth-order valence-corrected chi connectivity index (χ4v) is 3.67. The van der Waals surface area contributed by atoms with Gasteiger partial charge in [0.05, 0.1) is 36.8 Å². The van der Waals surface area contributed by atoms with E-state index in [2.05, 4.69) is 22.0 Å². The van der Waals surface area contributed by atoms with Crippen LogP contribution >= 0.6 is 0 Å². The Balaban J connectivity index is 1.72. The van der Waals surface area contributed by atoms with Gasteiger partial charge < -0.3 is 14.4 Å². The zero-order valence-corrected chi connectivity index (χ0v) is 18.5. The minimum absolute atomic E-state index is 0.258. The summed E-state index contributed by atoms with van der Waals surface area (Å²) < 4.78 is 7.66. The van der Waals surface area contributed by atoms with Gasteiger partial charge in [0, 0.05) is 25.1 Å². The van der Waals surface area contributed by atoms with Crippen molar-refractivity contribution in [3.63, 3.8) is 0 Å². The molecule has 1 atom stereocenters. The number of imidazole rings is 1. The molecule has 8 heteroatoms. The van der Waals surface area contributed by atoms with Crippen LogP contribution in [0.3, 0.4) is 0 Å². The number of fused-ring (bicyclic) bond motifs is 5. The number of para-hydroxylation sites is 2. The maximum Gasteiger partial charge on any atom is 0.257 e. The third-order valence-electron chi connectivity index (χ3n) is 5.22. The first-order valence-corrected chi connectivity index (χ1v) is 10.8. The summed E-state index contributed by atoms with van der Waals surface area (Å²) in [4.78, 5) is 17.6. The Hall–Kier alpha value is -3.91. The van der Waals surface area contributed by atoms with E-state index in [-0.39, 0.29) is 19.1 Å². The molecule has 8 nitrogen and oxygen atoms in total. The van der Waals surface area contributed by atoms with Crippen molar-refractivity contribution >= 4 is 28.8 Å². The number of carbonyl (C=O) groups excluding carboxylic acids is 1. The second kappa shape index (κ2) is 10.1. The molecule has 0 saturated carbocycles. The second-order valence-electron chi connectivity index (χ2n) is 7.83. The number of aliphatic hydroxyl groups is 1. The average molecular weight is 446 g/mol. The Kier molecular flexibility index (Phi) is 6.85. The molecule has 1 aliphatic heterocycles. The van der Waals surface area contributed by atoms with Crippen LogP contribution in [0.2, 0.25) is 0 Å². The molecule has 2 heterocycles. The lowest BCUT2D eigenvalue weighted by atomic mass is 10.1. The maximum absolute atomic E-state index is 13.0. The summed E-state index contributed by atoms with van der Waals surface area (Å²) in [6.07, 6.45) is 4.79. The van der Waals surface area contributed by atoms with Crippen molar-refractivity contribution in [3.05, 3.63) is 84.5 Å². The number of allylic oxidation sites excluding steroid dienone is 2. The van der Waals surface area contributed by atoms with E-state index >= 15 is 0 Å². The maximum atomic E-state index is 13.0. The summed E-state index contributed by atoms with van der Waals surface area (Å²) in [7, 11) is 1.83. The van der Waals surface area contributed by atoms with E-state index in [0.717, 1.165) is 16.6 Å². The lowest BCUT2D eigenvalue weighted by Crippen LogP contribution is -2.23. The SMILES string of the molecule is C=C/C=C\C1=N/N(C)Cc2cccc(c2)C(=O)Nc2nc3ccccc3n2CC(O)CCO1. The molecule has 3 aromatic rings. The molecule has 1 amide bonds. The zero-order valence-electron chi connectivity index (χ0n) is 18.5. The van der Waals surface area contributed by atoms with Gasteiger partial charge in [-0.3, -0.25) is 15.1 Å². The summed E-state index contributed by atoms with van der Waals surface area (Å²) in [6.45, 7) is 4.71. The van der Waals surface area contributed by atoms with Gasteiger partial charge in [0.2, 0.25) is 11.8 Å². The first kappa shape index (κ1) is 22.3. The van der Waals surface area contributed by atoms with Gasteiger partial charge in [-0.15, -0.1) is 5.10 Å². The van der Waals surface area contributed by atoms with Crippen molar-refractivity contribution in [1.29, 1.82) is 0 Å². The minimum Gasteiger partial charge on any atom is -0.477 e. The molecule has 0 radical (unpaired) electrons. The molecule has 2 aromatic carbocycles. The number of hydrazone groups is 1. The van der Waals surface area contributed by atoms with E-state index in [9.17, 15) is 9.90 Å². The van der Waals surface area contributed by atoms with Gasteiger partial charge in [-0.25, -0.2) is 4.98 Å². The highest BCUT2D eigenvalue weighted by atomic mass is 16.5. The predicted octanol–water partition coefficient (Wildman–Crippen LogP) is 3.56. The predicted molar refractivity (Wildman–Crippen MR) is 129 cm³/mol. The monoisotopic (exact) mass is 445 g/mol. The number of amides is 1. The van der Waals surface area contributed by atoms with Gasteiger partial charge >= 0.3 is 0 Å². The summed E-state index contributed by atoms with van der Waals surface area (Å²) >= 11 is 0.